The van der Waals surface area contributed by atoms with E-state index in [9.17, 15) is 5.11 Å². The zero-order chi connectivity index (χ0) is 11.7. The summed E-state index contributed by atoms with van der Waals surface area (Å²) in [5, 5.41) is 13.5. The molecule has 86 valence electrons. The van der Waals surface area contributed by atoms with E-state index in [4.69, 9.17) is 0 Å². The van der Waals surface area contributed by atoms with Gasteiger partial charge in [0.05, 0.1) is 11.5 Å². The fourth-order valence-electron chi connectivity index (χ4n) is 1.56. The molecule has 2 heterocycles. The summed E-state index contributed by atoms with van der Waals surface area (Å²) in [6.07, 6.45) is 1.17. The molecule has 5 heteroatoms. The van der Waals surface area contributed by atoms with E-state index in [1.54, 1.807) is 24.6 Å². The van der Waals surface area contributed by atoms with Crippen molar-refractivity contribution < 1.29 is 5.11 Å². The SMILES string of the molecule is Cc1sc2ncnc(NCC(C)O)c2c1C. The lowest BCUT2D eigenvalue weighted by Crippen LogP contribution is -2.16. The fraction of sp³-hybridized carbons (Fsp3) is 0.455. The van der Waals surface area contributed by atoms with Gasteiger partial charge in [0.1, 0.15) is 17.0 Å². The van der Waals surface area contributed by atoms with Crippen LogP contribution in [0, 0.1) is 13.8 Å². The number of hydrogen-bond acceptors (Lipinski definition) is 5. The summed E-state index contributed by atoms with van der Waals surface area (Å²) in [5.41, 5.74) is 1.22. The molecular formula is C11H15N3OS. The van der Waals surface area contributed by atoms with E-state index in [1.165, 1.54) is 10.4 Å². The predicted molar refractivity (Wildman–Crippen MR) is 67.1 cm³/mol. The number of rotatable bonds is 3. The van der Waals surface area contributed by atoms with Crippen LogP contribution in [-0.2, 0) is 0 Å². The lowest BCUT2D eigenvalue weighted by atomic mass is 10.2. The van der Waals surface area contributed by atoms with Gasteiger partial charge in [0, 0.05) is 11.4 Å². The highest BCUT2D eigenvalue weighted by atomic mass is 32.1. The molecule has 16 heavy (non-hydrogen) atoms. The first kappa shape index (κ1) is 11.3. The zero-order valence-electron chi connectivity index (χ0n) is 9.61. The van der Waals surface area contributed by atoms with Gasteiger partial charge >= 0.3 is 0 Å². The van der Waals surface area contributed by atoms with Crippen molar-refractivity contribution in [2.45, 2.75) is 26.9 Å². The van der Waals surface area contributed by atoms with Crippen LogP contribution in [0.5, 0.6) is 0 Å². The smallest absolute Gasteiger partial charge is 0.138 e. The number of aliphatic hydroxyl groups is 1. The maximum Gasteiger partial charge on any atom is 0.138 e. The third-order valence-electron chi connectivity index (χ3n) is 2.53. The Morgan fingerprint density at radius 3 is 2.88 bits per heavy atom. The van der Waals surface area contributed by atoms with Crippen LogP contribution in [0.25, 0.3) is 10.2 Å². The molecule has 0 saturated heterocycles. The Hall–Kier alpha value is -1.20. The van der Waals surface area contributed by atoms with E-state index >= 15 is 0 Å². The van der Waals surface area contributed by atoms with Crippen molar-refractivity contribution in [2.75, 3.05) is 11.9 Å². The van der Waals surface area contributed by atoms with Gasteiger partial charge in [-0.2, -0.15) is 0 Å². The van der Waals surface area contributed by atoms with Crippen molar-refractivity contribution >= 4 is 27.4 Å². The minimum absolute atomic E-state index is 0.384. The van der Waals surface area contributed by atoms with E-state index in [0.29, 0.717) is 6.54 Å². The van der Waals surface area contributed by atoms with Crippen molar-refractivity contribution in [3.05, 3.63) is 16.8 Å². The van der Waals surface area contributed by atoms with Crippen molar-refractivity contribution in [1.82, 2.24) is 9.97 Å². The Labute approximate surface area is 98.4 Å². The van der Waals surface area contributed by atoms with Gasteiger partial charge < -0.3 is 10.4 Å². The predicted octanol–water partition coefficient (Wildman–Crippen LogP) is 2.10. The number of fused-ring (bicyclic) bond motifs is 1. The van der Waals surface area contributed by atoms with Crippen molar-refractivity contribution in [3.63, 3.8) is 0 Å². The molecule has 0 aliphatic heterocycles. The zero-order valence-corrected chi connectivity index (χ0v) is 10.4. The summed E-state index contributed by atoms with van der Waals surface area (Å²) in [6, 6.07) is 0. The van der Waals surface area contributed by atoms with Crippen LogP contribution in [0.2, 0.25) is 0 Å². The number of hydrogen-bond donors (Lipinski definition) is 2. The molecule has 4 nitrogen and oxygen atoms in total. The lowest BCUT2D eigenvalue weighted by molar-refractivity contribution is 0.208. The summed E-state index contributed by atoms with van der Waals surface area (Å²) in [5.74, 6) is 0.813. The van der Waals surface area contributed by atoms with Crippen LogP contribution < -0.4 is 5.32 Å². The van der Waals surface area contributed by atoms with Gasteiger partial charge in [-0.25, -0.2) is 9.97 Å². The quantitative estimate of drug-likeness (QED) is 0.858. The average molecular weight is 237 g/mol. The number of aryl methyl sites for hydroxylation is 2. The monoisotopic (exact) mass is 237 g/mol. The van der Waals surface area contributed by atoms with E-state index in [2.05, 4.69) is 29.1 Å². The molecular weight excluding hydrogens is 222 g/mol. The van der Waals surface area contributed by atoms with Crippen LogP contribution in [-0.4, -0.2) is 27.7 Å². The van der Waals surface area contributed by atoms with Crippen LogP contribution in [0.15, 0.2) is 6.33 Å². The minimum atomic E-state index is -0.384. The van der Waals surface area contributed by atoms with Gasteiger partial charge in [0.15, 0.2) is 0 Å². The average Bonchev–Trinajstić information content (AvgIpc) is 2.52. The molecule has 0 amide bonds. The second-order valence-corrected chi connectivity index (χ2v) is 5.12. The van der Waals surface area contributed by atoms with Crippen molar-refractivity contribution in [3.8, 4) is 0 Å². The number of aliphatic hydroxyl groups excluding tert-OH is 1. The molecule has 0 fully saturated rings. The summed E-state index contributed by atoms with van der Waals surface area (Å²) in [4.78, 5) is 10.7. The topological polar surface area (TPSA) is 58.0 Å². The standard InChI is InChI=1S/C11H15N3OS/c1-6(15)4-12-10-9-7(2)8(3)16-11(9)14-5-13-10/h5-6,15H,4H2,1-3H3,(H,12,13,14). The van der Waals surface area contributed by atoms with Gasteiger partial charge in [-0.15, -0.1) is 11.3 Å². The largest absolute Gasteiger partial charge is 0.392 e. The van der Waals surface area contributed by atoms with Crippen LogP contribution in [0.1, 0.15) is 17.4 Å². The number of anilines is 1. The Balaban J connectivity index is 2.44. The number of thiophene rings is 1. The molecule has 1 atom stereocenters. The second kappa shape index (κ2) is 4.35. The highest BCUT2D eigenvalue weighted by Gasteiger charge is 2.11. The van der Waals surface area contributed by atoms with Crippen LogP contribution in [0.4, 0.5) is 5.82 Å². The summed E-state index contributed by atoms with van der Waals surface area (Å²) in [7, 11) is 0. The van der Waals surface area contributed by atoms with E-state index in [-0.39, 0.29) is 6.10 Å². The molecule has 2 rings (SSSR count). The molecule has 0 bridgehead atoms. The first-order chi connectivity index (χ1) is 7.59. The van der Waals surface area contributed by atoms with Crippen molar-refractivity contribution in [2.24, 2.45) is 0 Å². The van der Waals surface area contributed by atoms with Crippen molar-refractivity contribution in [1.29, 1.82) is 0 Å². The molecule has 0 aliphatic rings. The highest BCUT2D eigenvalue weighted by molar-refractivity contribution is 7.18. The number of aromatic nitrogens is 2. The molecule has 2 aromatic rings. The lowest BCUT2D eigenvalue weighted by Gasteiger charge is -2.08. The van der Waals surface area contributed by atoms with E-state index in [0.717, 1.165) is 16.0 Å². The number of nitrogens with zero attached hydrogens (tertiary/aromatic N) is 2. The molecule has 0 radical (unpaired) electrons. The Morgan fingerprint density at radius 2 is 2.19 bits per heavy atom. The minimum Gasteiger partial charge on any atom is -0.392 e. The molecule has 2 aromatic heterocycles. The molecule has 1 unspecified atom stereocenters. The Morgan fingerprint density at radius 1 is 1.44 bits per heavy atom. The molecule has 0 aromatic carbocycles. The second-order valence-electron chi connectivity index (χ2n) is 3.92. The first-order valence-corrected chi connectivity index (χ1v) is 6.04. The highest BCUT2D eigenvalue weighted by Crippen LogP contribution is 2.32. The molecule has 2 N–H and O–H groups in total. The Bertz CT molecular complexity index is 507. The number of nitrogens with one attached hydrogen (secondary N) is 1. The molecule has 0 aliphatic carbocycles. The van der Waals surface area contributed by atoms with E-state index < -0.39 is 0 Å². The first-order valence-electron chi connectivity index (χ1n) is 5.22. The van der Waals surface area contributed by atoms with Crippen LogP contribution >= 0.6 is 11.3 Å². The Kier molecular flexibility index (Phi) is 3.07. The summed E-state index contributed by atoms with van der Waals surface area (Å²) < 4.78 is 0. The third kappa shape index (κ3) is 2.01. The third-order valence-corrected chi connectivity index (χ3v) is 3.65. The van der Waals surface area contributed by atoms with Gasteiger partial charge in [-0.3, -0.25) is 0 Å². The molecule has 0 saturated carbocycles. The van der Waals surface area contributed by atoms with Gasteiger partial charge in [-0.05, 0) is 26.3 Å². The maximum absolute atomic E-state index is 9.26. The fourth-order valence-corrected chi connectivity index (χ4v) is 2.56. The summed E-state index contributed by atoms with van der Waals surface area (Å²) >= 11 is 1.67. The van der Waals surface area contributed by atoms with Gasteiger partial charge in [0.2, 0.25) is 0 Å². The molecule has 0 spiro atoms. The van der Waals surface area contributed by atoms with Gasteiger partial charge in [-0.1, -0.05) is 0 Å². The normalized spacial score (nSPS) is 13.0. The maximum atomic E-state index is 9.26. The van der Waals surface area contributed by atoms with Gasteiger partial charge in [0.25, 0.3) is 0 Å². The van der Waals surface area contributed by atoms with Crippen LogP contribution in [0.3, 0.4) is 0 Å². The van der Waals surface area contributed by atoms with E-state index in [1.807, 2.05) is 0 Å². The summed E-state index contributed by atoms with van der Waals surface area (Å²) in [6.45, 7) is 6.41.